The maximum Gasteiger partial charge on any atom is 0.474 e. The van der Waals surface area contributed by atoms with Crippen LogP contribution in [0.3, 0.4) is 0 Å². The number of ketones is 1. The van der Waals surface area contributed by atoms with Gasteiger partial charge < -0.3 is 150 Å². The summed E-state index contributed by atoms with van der Waals surface area (Å²) in [4.78, 5) is 88.6. The minimum Gasteiger partial charge on any atom is -0.510 e. The van der Waals surface area contributed by atoms with Crippen molar-refractivity contribution in [2.75, 3.05) is 26.4 Å². The number of phosphoric acid groups is 1. The molecule has 6 aliphatic heterocycles. The second-order valence-electron chi connectivity index (χ2n) is 28.8. The fourth-order valence-corrected chi connectivity index (χ4v) is 13.8. The Morgan fingerprint density at radius 3 is 2.01 bits per heavy atom. The summed E-state index contributed by atoms with van der Waals surface area (Å²) in [7, 11) is -5.83. The summed E-state index contributed by atoms with van der Waals surface area (Å²) in [6.07, 6.45) is -39.2. The van der Waals surface area contributed by atoms with Crippen LogP contribution in [0.15, 0.2) is 70.7 Å². The lowest BCUT2D eigenvalue weighted by atomic mass is 9.85. The molecule has 4 amide bonds. The zero-order valence-corrected chi connectivity index (χ0v) is 62.2. The van der Waals surface area contributed by atoms with E-state index in [9.17, 15) is 99.5 Å². The van der Waals surface area contributed by atoms with Crippen LogP contribution in [0.1, 0.15) is 120 Å². The van der Waals surface area contributed by atoms with Gasteiger partial charge in [-0.15, -0.1) is 0 Å². The van der Waals surface area contributed by atoms with Gasteiger partial charge in [0.1, 0.15) is 108 Å². The quantitative estimate of drug-likeness (QED) is 0.0187. The van der Waals surface area contributed by atoms with Crippen molar-refractivity contribution >= 4 is 43.4 Å². The van der Waals surface area contributed by atoms with E-state index in [0.29, 0.717) is 12.8 Å². The van der Waals surface area contributed by atoms with Gasteiger partial charge in [0.05, 0.1) is 26.4 Å². The molecule has 0 aromatic heterocycles. The van der Waals surface area contributed by atoms with Gasteiger partial charge in [-0.25, -0.2) is 14.2 Å². The van der Waals surface area contributed by atoms with E-state index < -0.39 is 240 Å². The molecule has 28 atom stereocenters. The fraction of sp³-hybridized carbons (Fsp3) is 0.735. The molecule has 0 radical (unpaired) electrons. The molecule has 6 saturated heterocycles. The van der Waals surface area contributed by atoms with E-state index >= 15 is 0 Å². The van der Waals surface area contributed by atoms with E-state index in [-0.39, 0.29) is 24.9 Å². The molecule has 39 nitrogen and oxygen atoms in total. The first kappa shape index (κ1) is 89.3. The number of carboxylic acids is 1. The fourth-order valence-electron chi connectivity index (χ4n) is 12.9. The topological polar surface area (TPSA) is 600 Å². The molecule has 0 spiro atoms. The Bertz CT molecular complexity index is 3330. The molecule has 7 aliphatic rings. The predicted octanol–water partition coefficient (Wildman–Crippen LogP) is -2.26. The molecule has 0 saturated carbocycles. The molecule has 6 fully saturated rings. The molecule has 20 N–H and O–H groups in total. The standard InChI is InChI=1S/C68H106N5O34P/c1-29(2)14-13-16-30(3)17-18-32(5)21-24-67(8,9)23-12-11-15-31(4)22-25-94-39(59(88)89)28-96-108(92,93)107-65-54(55(105-66(70)90)68(10,91)56(104-65)57(69)86)103-60-41(71-33(6)75)44(80)50-38(98-60)27-95-62-49(85)51(43(79)37(26-74)97-62)100-64-53(45(81)42(72-34(7)76)61(99-50)106-64)102-63-48(84)46(82)47(83)52(101-63)58(87)73-40-35(77)19-20-36(40)78/h12,14,17,22-23,37-39,41-56,58,60-65,73-74,77,79-85,87,91H,5,11,13,15-16,18-21,24-28H2,1-4,6-10H3,(H2,69,86)(H2,70,90)(H,71,75)(H,72,76)(H,88,89)(H,92,93)/b23-12+,30-17+,31-22-/t37?,38?,39-,41+,42+,43-,44?,45?,46?,47-,48+,49+,50-,51?,52?,53+,54?,55-,56?,58?,60+,61-,62-,63+,64?,65-,68+/m1/s1. The molecule has 40 heteroatoms. The maximum atomic E-state index is 14.1. The van der Waals surface area contributed by atoms with E-state index in [4.69, 9.17) is 77.4 Å². The number of nitrogens with one attached hydrogen (secondary N) is 3. The second kappa shape index (κ2) is 39.1. The highest BCUT2D eigenvalue weighted by atomic mass is 31.2. The number of carboxylic acid groups (broad SMARTS) is 1. The van der Waals surface area contributed by atoms with Crippen LogP contribution >= 0.6 is 7.82 Å². The second-order valence-corrected chi connectivity index (χ2v) is 30.2. The number of hydrogen-bond donors (Lipinski definition) is 18. The Kier molecular flexibility index (Phi) is 32.3. The number of aliphatic carboxylic acids is 1. The van der Waals surface area contributed by atoms with Crippen LogP contribution in [0, 0.1) is 5.41 Å². The zero-order valence-electron chi connectivity index (χ0n) is 61.3. The van der Waals surface area contributed by atoms with Crippen LogP contribution in [-0.2, 0) is 94.4 Å². The van der Waals surface area contributed by atoms with E-state index in [1.54, 1.807) is 13.0 Å². The minimum absolute atomic E-state index is 0.118. The number of carbonyl (C=O) groups excluding carboxylic acids is 5. The number of carbonyl (C=O) groups is 6. The summed E-state index contributed by atoms with van der Waals surface area (Å²) in [6.45, 7) is 15.7. The number of primary amides is 2. The molecule has 612 valence electrons. The number of Topliss-reactive ketones (excluding diaryl/α,β-unsaturated/α-hetero) is 1. The number of rotatable bonds is 33. The number of amides is 4. The molecule has 7 rings (SSSR count). The Labute approximate surface area is 622 Å². The number of hydrogen-bond acceptors (Lipinski definition) is 33. The molecule has 12 unspecified atom stereocenters. The summed E-state index contributed by atoms with van der Waals surface area (Å²) >= 11 is 0. The number of aliphatic hydroxyl groups is 11. The third-order valence-electron chi connectivity index (χ3n) is 19.0. The first-order chi connectivity index (χ1) is 50.5. The van der Waals surface area contributed by atoms with E-state index in [1.807, 2.05) is 6.08 Å². The van der Waals surface area contributed by atoms with Gasteiger partial charge in [0.15, 0.2) is 74.2 Å². The van der Waals surface area contributed by atoms with E-state index in [1.165, 1.54) is 11.1 Å². The highest BCUT2D eigenvalue weighted by molar-refractivity contribution is 7.47. The summed E-state index contributed by atoms with van der Waals surface area (Å²) in [5.74, 6) is -6.30. The van der Waals surface area contributed by atoms with Crippen molar-refractivity contribution in [3.8, 4) is 0 Å². The molecular formula is C68H106N5O34P. The number of phosphoric ester groups is 1. The van der Waals surface area contributed by atoms with Crippen molar-refractivity contribution in [1.29, 1.82) is 0 Å². The van der Waals surface area contributed by atoms with E-state index in [0.717, 1.165) is 64.0 Å². The van der Waals surface area contributed by atoms with Crippen molar-refractivity contribution in [3.05, 3.63) is 70.7 Å². The van der Waals surface area contributed by atoms with Gasteiger partial charge in [-0.3, -0.25) is 28.2 Å². The summed E-state index contributed by atoms with van der Waals surface area (Å²) < 4.78 is 95.8. The van der Waals surface area contributed by atoms with Crippen molar-refractivity contribution in [1.82, 2.24) is 16.0 Å². The van der Waals surface area contributed by atoms with Gasteiger partial charge in [0.2, 0.25) is 17.7 Å². The van der Waals surface area contributed by atoms with Gasteiger partial charge in [0.25, 0.3) is 0 Å². The molecule has 0 aromatic rings. The van der Waals surface area contributed by atoms with Crippen LogP contribution in [0.2, 0.25) is 0 Å². The summed E-state index contributed by atoms with van der Waals surface area (Å²) in [5.41, 5.74) is 12.1. The highest BCUT2D eigenvalue weighted by Crippen LogP contribution is 2.49. The lowest BCUT2D eigenvalue weighted by Gasteiger charge is -2.53. The van der Waals surface area contributed by atoms with Gasteiger partial charge in [-0.2, -0.15) is 0 Å². The van der Waals surface area contributed by atoms with Gasteiger partial charge in [-0.1, -0.05) is 73.1 Å². The number of nitrogens with two attached hydrogens (primary N) is 2. The summed E-state index contributed by atoms with van der Waals surface area (Å²) in [6, 6.07) is -4.05. The number of allylic oxidation sites excluding steroid dienone is 10. The molecule has 108 heavy (non-hydrogen) atoms. The summed E-state index contributed by atoms with van der Waals surface area (Å²) in [5, 5.41) is 143. The predicted molar refractivity (Wildman–Crippen MR) is 366 cm³/mol. The van der Waals surface area contributed by atoms with Crippen LogP contribution in [0.25, 0.3) is 0 Å². The SMILES string of the molecule is C=C(C/C=C(\C)CCC=C(C)C)CCC(C)(C)/C=C/CC/C(C)=C\CO[C@H](COP(=O)(O)O[C@H]1OC(C(N)=O)[C@@](C)(O)[C@H](OC(N)=O)C1O[C@@H]1OC2CO[C@@H]3OC(CO)[C@@H](O)C(OC4O[C@@H](O[C@H]2C(O)[C@@H]1NC(C)=O)[C@@H](NC(C)=O)C(O)[C@@H]4O[C@@H]1OC(C(O)NC2=C(O)CCC2=O)[C@H](O)C(O)[C@@H]1O)[C@@H]3O)C(=O)O. The van der Waals surface area contributed by atoms with Crippen molar-refractivity contribution < 1.29 is 165 Å². The molecular weight excluding hydrogens is 1460 g/mol. The first-order valence-corrected chi connectivity index (χ1v) is 36.6. The van der Waals surface area contributed by atoms with Crippen LogP contribution < -0.4 is 27.4 Å². The largest absolute Gasteiger partial charge is 0.510 e. The van der Waals surface area contributed by atoms with Crippen molar-refractivity contribution in [2.45, 2.75) is 286 Å². The third-order valence-corrected chi connectivity index (χ3v) is 20.0. The Hall–Kier alpha value is -5.87. The highest BCUT2D eigenvalue weighted by Gasteiger charge is 2.63. The van der Waals surface area contributed by atoms with Gasteiger partial charge >= 0.3 is 19.9 Å². The number of fused-ring (bicyclic) bond motifs is 5. The van der Waals surface area contributed by atoms with E-state index in [2.05, 4.69) is 75.4 Å². The Morgan fingerprint density at radius 1 is 0.741 bits per heavy atom. The molecule has 0 aromatic carbocycles. The normalized spacial score (nSPS) is 36.8. The monoisotopic (exact) mass is 1570 g/mol. The lowest BCUT2D eigenvalue weighted by Crippen LogP contribution is -2.73. The average molecular weight is 1570 g/mol. The molecule has 6 heterocycles. The van der Waals surface area contributed by atoms with Crippen LogP contribution in [0.5, 0.6) is 0 Å². The van der Waals surface area contributed by atoms with Gasteiger partial charge in [0, 0.05) is 26.7 Å². The zero-order chi connectivity index (χ0) is 80.2. The third kappa shape index (κ3) is 23.6. The van der Waals surface area contributed by atoms with Crippen molar-refractivity contribution in [2.24, 2.45) is 16.9 Å². The minimum atomic E-state index is -5.83. The van der Waals surface area contributed by atoms with Crippen LogP contribution in [0.4, 0.5) is 4.79 Å². The number of aliphatic hydroxyl groups excluding tert-OH is 10. The Balaban J connectivity index is 1.12. The number of ether oxygens (including phenoxy) is 12. The van der Waals surface area contributed by atoms with Crippen molar-refractivity contribution in [3.63, 3.8) is 0 Å². The van der Waals surface area contributed by atoms with Gasteiger partial charge in [-0.05, 0) is 85.0 Å². The average Bonchev–Trinajstić information content (AvgIpc) is 0.775. The molecule has 4 bridgehead atoms. The smallest absolute Gasteiger partial charge is 0.474 e. The first-order valence-electron chi connectivity index (χ1n) is 35.1. The van der Waals surface area contributed by atoms with Crippen LogP contribution in [-0.4, -0.2) is 294 Å². The maximum absolute atomic E-state index is 14.1. The lowest BCUT2D eigenvalue weighted by molar-refractivity contribution is -0.417. The molecule has 1 aliphatic carbocycles. The Morgan fingerprint density at radius 2 is 1.39 bits per heavy atom.